The van der Waals surface area contributed by atoms with Gasteiger partial charge in [-0.15, -0.1) is 0 Å². The molecule has 0 aliphatic rings. The van der Waals surface area contributed by atoms with E-state index in [-0.39, 0.29) is 5.97 Å². The highest BCUT2D eigenvalue weighted by Crippen LogP contribution is 2.21. The molecular formula is C11H12IO3Si. The average molecular weight is 347 g/mol. The summed E-state index contributed by atoms with van der Waals surface area (Å²) in [6, 6.07) is 6.23. The van der Waals surface area contributed by atoms with Crippen LogP contribution in [0.25, 0.3) is 0 Å². The van der Waals surface area contributed by atoms with Crippen LogP contribution in [0.15, 0.2) is 18.2 Å². The van der Waals surface area contributed by atoms with Gasteiger partial charge >= 0.3 is 5.97 Å². The van der Waals surface area contributed by atoms with E-state index in [0.717, 1.165) is 16.0 Å². The second-order valence-corrected chi connectivity index (χ2v) is 4.83. The summed E-state index contributed by atoms with van der Waals surface area (Å²) in [6.45, 7) is 0.414. The first-order chi connectivity index (χ1) is 7.69. The average Bonchev–Trinajstić information content (AvgIpc) is 2.29. The Hall–Kier alpha value is -0.563. The van der Waals surface area contributed by atoms with Crippen LogP contribution in [-0.2, 0) is 4.74 Å². The fourth-order valence-electron chi connectivity index (χ4n) is 1.15. The van der Waals surface area contributed by atoms with Crippen LogP contribution in [0.4, 0.5) is 0 Å². The smallest absolute Gasteiger partial charge is 0.341 e. The van der Waals surface area contributed by atoms with E-state index in [1.54, 1.807) is 12.1 Å². The molecule has 5 heteroatoms. The minimum atomic E-state index is -0.338. The highest BCUT2D eigenvalue weighted by molar-refractivity contribution is 14.1. The topological polar surface area (TPSA) is 35.5 Å². The molecule has 0 aromatic heterocycles. The van der Waals surface area contributed by atoms with Gasteiger partial charge in [0, 0.05) is 13.8 Å². The zero-order valence-corrected chi connectivity index (χ0v) is 12.1. The molecule has 1 aromatic rings. The van der Waals surface area contributed by atoms with Crippen LogP contribution in [0.3, 0.4) is 0 Å². The lowest BCUT2D eigenvalue weighted by Gasteiger charge is -2.08. The number of halogens is 1. The molecule has 0 bridgehead atoms. The summed E-state index contributed by atoms with van der Waals surface area (Å²) >= 11 is 2.15. The molecular weight excluding hydrogens is 335 g/mol. The molecule has 0 heterocycles. The van der Waals surface area contributed by atoms with Gasteiger partial charge < -0.3 is 9.47 Å². The Morgan fingerprint density at radius 2 is 2.25 bits per heavy atom. The molecule has 0 amide bonds. The highest BCUT2D eigenvalue weighted by atomic mass is 127. The van der Waals surface area contributed by atoms with Crippen LogP contribution in [-0.4, -0.2) is 29.9 Å². The standard InChI is InChI=1S/C11H12IO3Si/c1-14-10-4-3-8(12)7-9(10)11(13)15-5-2-6-16/h3-4,7H,2,5-6H2,1H3. The van der Waals surface area contributed by atoms with E-state index in [0.29, 0.717) is 17.9 Å². The molecule has 0 N–H and O–H groups in total. The molecule has 0 aliphatic carbocycles. The largest absolute Gasteiger partial charge is 0.496 e. The Kier molecular flexibility index (Phi) is 5.82. The number of esters is 1. The van der Waals surface area contributed by atoms with Crippen LogP contribution < -0.4 is 4.74 Å². The van der Waals surface area contributed by atoms with Gasteiger partial charge in [-0.2, -0.15) is 0 Å². The molecule has 0 atom stereocenters. The van der Waals surface area contributed by atoms with E-state index in [2.05, 4.69) is 32.8 Å². The van der Waals surface area contributed by atoms with Gasteiger partial charge in [-0.25, -0.2) is 4.79 Å². The predicted molar refractivity (Wildman–Crippen MR) is 71.2 cm³/mol. The van der Waals surface area contributed by atoms with E-state index < -0.39 is 0 Å². The van der Waals surface area contributed by atoms with Crippen molar-refractivity contribution in [2.45, 2.75) is 12.5 Å². The SMILES string of the molecule is COc1ccc(I)cc1C(=O)OCCC[Si]. The van der Waals surface area contributed by atoms with Crippen molar-refractivity contribution < 1.29 is 14.3 Å². The third-order valence-corrected chi connectivity index (χ3v) is 2.96. The summed E-state index contributed by atoms with van der Waals surface area (Å²) in [5.41, 5.74) is 0.475. The lowest BCUT2D eigenvalue weighted by molar-refractivity contribution is 0.0501. The Morgan fingerprint density at radius 3 is 2.88 bits per heavy atom. The van der Waals surface area contributed by atoms with E-state index >= 15 is 0 Å². The summed E-state index contributed by atoms with van der Waals surface area (Å²) in [4.78, 5) is 11.7. The summed E-state index contributed by atoms with van der Waals surface area (Å²) in [5, 5.41) is 0. The van der Waals surface area contributed by atoms with Crippen LogP contribution in [0, 0.1) is 3.57 Å². The second kappa shape index (κ2) is 6.90. The van der Waals surface area contributed by atoms with Gasteiger partial charge in [0.05, 0.1) is 13.7 Å². The molecule has 0 aliphatic heterocycles. The number of hydrogen-bond acceptors (Lipinski definition) is 3. The maximum absolute atomic E-state index is 11.7. The Bertz CT molecular complexity index is 368. The Balaban J connectivity index is 2.76. The van der Waals surface area contributed by atoms with Crippen LogP contribution >= 0.6 is 22.6 Å². The van der Waals surface area contributed by atoms with E-state index in [4.69, 9.17) is 9.47 Å². The van der Waals surface area contributed by atoms with Crippen molar-refractivity contribution >= 4 is 38.8 Å². The molecule has 16 heavy (non-hydrogen) atoms. The fourth-order valence-corrected chi connectivity index (χ4v) is 1.79. The fraction of sp³-hybridized carbons (Fsp3) is 0.364. The van der Waals surface area contributed by atoms with Crippen LogP contribution in [0.1, 0.15) is 16.8 Å². The van der Waals surface area contributed by atoms with Gasteiger partial charge in [-0.05, 0) is 47.2 Å². The van der Waals surface area contributed by atoms with Crippen LogP contribution in [0.2, 0.25) is 6.04 Å². The third kappa shape index (κ3) is 3.78. The first-order valence-corrected chi connectivity index (χ1v) is 6.63. The van der Waals surface area contributed by atoms with Gasteiger partial charge in [-0.3, -0.25) is 0 Å². The molecule has 3 radical (unpaired) electrons. The molecule has 3 nitrogen and oxygen atoms in total. The van der Waals surface area contributed by atoms with Gasteiger partial charge in [-0.1, -0.05) is 6.04 Å². The molecule has 85 valence electrons. The first kappa shape index (κ1) is 13.5. The molecule has 0 saturated carbocycles. The first-order valence-electron chi connectivity index (χ1n) is 4.84. The van der Waals surface area contributed by atoms with Crippen molar-refractivity contribution in [3.05, 3.63) is 27.3 Å². The van der Waals surface area contributed by atoms with Gasteiger partial charge in [0.2, 0.25) is 0 Å². The second-order valence-electron chi connectivity index (χ2n) is 3.08. The quantitative estimate of drug-likeness (QED) is 0.355. The number of ether oxygens (including phenoxy) is 2. The molecule has 0 spiro atoms. The number of methoxy groups -OCH3 is 1. The third-order valence-electron chi connectivity index (χ3n) is 1.94. The van der Waals surface area contributed by atoms with Crippen molar-refractivity contribution in [1.82, 2.24) is 0 Å². The number of hydrogen-bond donors (Lipinski definition) is 0. The highest BCUT2D eigenvalue weighted by Gasteiger charge is 2.13. The lowest BCUT2D eigenvalue weighted by atomic mass is 10.2. The molecule has 0 fully saturated rings. The monoisotopic (exact) mass is 347 g/mol. The number of carbonyl (C=O) groups excluding carboxylic acids is 1. The minimum Gasteiger partial charge on any atom is -0.496 e. The zero-order valence-electron chi connectivity index (χ0n) is 8.96. The molecule has 1 rings (SSSR count). The van der Waals surface area contributed by atoms with Crippen molar-refractivity contribution in [2.75, 3.05) is 13.7 Å². The Morgan fingerprint density at radius 1 is 1.50 bits per heavy atom. The summed E-state index contributed by atoms with van der Waals surface area (Å²) in [5.74, 6) is 0.208. The van der Waals surface area contributed by atoms with Gasteiger partial charge in [0.25, 0.3) is 0 Å². The molecule has 0 saturated heterocycles. The number of carbonyl (C=O) groups is 1. The maximum Gasteiger partial charge on any atom is 0.341 e. The van der Waals surface area contributed by atoms with E-state index in [9.17, 15) is 4.79 Å². The number of rotatable bonds is 5. The van der Waals surface area contributed by atoms with Crippen molar-refractivity contribution in [2.24, 2.45) is 0 Å². The van der Waals surface area contributed by atoms with Gasteiger partial charge in [0.1, 0.15) is 11.3 Å². The lowest BCUT2D eigenvalue weighted by Crippen LogP contribution is -2.08. The van der Waals surface area contributed by atoms with Crippen molar-refractivity contribution in [1.29, 1.82) is 0 Å². The van der Waals surface area contributed by atoms with Crippen LogP contribution in [0.5, 0.6) is 5.75 Å². The normalized spacial score (nSPS) is 9.94. The zero-order chi connectivity index (χ0) is 12.0. The molecule has 1 aromatic carbocycles. The summed E-state index contributed by atoms with van der Waals surface area (Å²) in [6.07, 6.45) is 0.800. The maximum atomic E-state index is 11.7. The minimum absolute atomic E-state index is 0.338. The predicted octanol–water partition coefficient (Wildman–Crippen LogP) is 2.43. The van der Waals surface area contributed by atoms with Crippen molar-refractivity contribution in [3.8, 4) is 5.75 Å². The van der Waals surface area contributed by atoms with E-state index in [1.165, 1.54) is 7.11 Å². The summed E-state index contributed by atoms with van der Waals surface area (Å²) < 4.78 is 11.2. The van der Waals surface area contributed by atoms with E-state index in [1.807, 2.05) is 6.07 Å². The summed E-state index contributed by atoms with van der Waals surface area (Å²) in [7, 11) is 4.86. The Labute approximate surface area is 112 Å². The van der Waals surface area contributed by atoms with Gasteiger partial charge in [0.15, 0.2) is 0 Å². The van der Waals surface area contributed by atoms with Crippen molar-refractivity contribution in [3.63, 3.8) is 0 Å². The molecule has 0 unspecified atom stereocenters. The number of benzene rings is 1.